The number of hydrogen-bond donors (Lipinski definition) is 2. The van der Waals surface area contributed by atoms with Crippen LogP contribution < -0.4 is 11.1 Å². The lowest BCUT2D eigenvalue weighted by Gasteiger charge is -2.33. The molecule has 0 radical (unpaired) electrons. The van der Waals surface area contributed by atoms with Gasteiger partial charge in [0.05, 0.1) is 0 Å². The van der Waals surface area contributed by atoms with Crippen molar-refractivity contribution in [1.82, 2.24) is 5.32 Å². The Kier molecular flexibility index (Phi) is 2.69. The zero-order valence-electron chi connectivity index (χ0n) is 6.82. The first-order valence-electron chi connectivity index (χ1n) is 4.26. The second-order valence-corrected chi connectivity index (χ2v) is 3.39. The Hall–Kier alpha value is -0.0800. The molecule has 0 aromatic heterocycles. The van der Waals surface area contributed by atoms with E-state index in [-0.39, 0.29) is 5.54 Å². The molecule has 1 rings (SSSR count). The maximum absolute atomic E-state index is 6.11. The molecule has 1 unspecified atom stereocenters. The van der Waals surface area contributed by atoms with Gasteiger partial charge in [-0.05, 0) is 25.8 Å². The van der Waals surface area contributed by atoms with E-state index in [0.717, 1.165) is 13.1 Å². The number of nitrogens with two attached hydrogens (primary N) is 1. The molecule has 0 aliphatic carbocycles. The van der Waals surface area contributed by atoms with E-state index in [1.54, 1.807) is 0 Å². The van der Waals surface area contributed by atoms with Gasteiger partial charge in [-0.15, -0.1) is 0 Å². The van der Waals surface area contributed by atoms with Gasteiger partial charge in [0.25, 0.3) is 0 Å². The lowest BCUT2D eigenvalue weighted by atomic mass is 9.87. The topological polar surface area (TPSA) is 38.0 Å². The largest absolute Gasteiger partial charge is 0.324 e. The summed E-state index contributed by atoms with van der Waals surface area (Å²) in [6, 6.07) is 0. The van der Waals surface area contributed by atoms with Crippen LogP contribution >= 0.6 is 0 Å². The molecule has 0 aromatic rings. The molecule has 1 aliphatic rings. The van der Waals surface area contributed by atoms with Gasteiger partial charge < -0.3 is 11.1 Å². The van der Waals surface area contributed by atoms with Crippen LogP contribution in [-0.2, 0) is 0 Å². The molecule has 2 heteroatoms. The van der Waals surface area contributed by atoms with E-state index >= 15 is 0 Å². The Morgan fingerprint density at radius 2 is 2.40 bits per heavy atom. The van der Waals surface area contributed by atoms with Crippen LogP contribution in [0, 0.1) is 0 Å². The van der Waals surface area contributed by atoms with Gasteiger partial charge >= 0.3 is 0 Å². The standard InChI is InChI=1S/C8H18N2/c1-2-4-8(9)5-3-6-10-7-8/h10H,2-7,9H2,1H3. The fourth-order valence-corrected chi connectivity index (χ4v) is 1.70. The first kappa shape index (κ1) is 8.02. The van der Waals surface area contributed by atoms with Gasteiger partial charge in [0.1, 0.15) is 0 Å². The predicted molar refractivity (Wildman–Crippen MR) is 43.9 cm³/mol. The molecule has 0 aromatic carbocycles. The molecular formula is C8H18N2. The lowest BCUT2D eigenvalue weighted by Crippen LogP contribution is -2.52. The van der Waals surface area contributed by atoms with Crippen LogP contribution in [0.3, 0.4) is 0 Å². The first-order chi connectivity index (χ1) is 4.77. The molecule has 1 aliphatic heterocycles. The van der Waals surface area contributed by atoms with E-state index in [2.05, 4.69) is 12.2 Å². The van der Waals surface area contributed by atoms with Crippen molar-refractivity contribution in [3.63, 3.8) is 0 Å². The molecule has 1 atom stereocenters. The average molecular weight is 142 g/mol. The van der Waals surface area contributed by atoms with Crippen molar-refractivity contribution < 1.29 is 0 Å². The molecule has 1 fully saturated rings. The van der Waals surface area contributed by atoms with Gasteiger partial charge in [0.15, 0.2) is 0 Å². The molecule has 60 valence electrons. The highest BCUT2D eigenvalue weighted by Crippen LogP contribution is 2.17. The number of piperidine rings is 1. The number of rotatable bonds is 2. The van der Waals surface area contributed by atoms with E-state index in [9.17, 15) is 0 Å². The molecule has 0 bridgehead atoms. The van der Waals surface area contributed by atoms with Gasteiger partial charge in [-0.2, -0.15) is 0 Å². The van der Waals surface area contributed by atoms with Crippen molar-refractivity contribution in [3.8, 4) is 0 Å². The van der Waals surface area contributed by atoms with E-state index in [0.29, 0.717) is 0 Å². The summed E-state index contributed by atoms with van der Waals surface area (Å²) in [7, 11) is 0. The van der Waals surface area contributed by atoms with Gasteiger partial charge in [-0.25, -0.2) is 0 Å². The third kappa shape index (κ3) is 1.96. The minimum Gasteiger partial charge on any atom is -0.324 e. The van der Waals surface area contributed by atoms with Gasteiger partial charge in [-0.3, -0.25) is 0 Å². The summed E-state index contributed by atoms with van der Waals surface area (Å²) >= 11 is 0. The van der Waals surface area contributed by atoms with Crippen molar-refractivity contribution in [2.75, 3.05) is 13.1 Å². The van der Waals surface area contributed by atoms with Gasteiger partial charge in [0.2, 0.25) is 0 Å². The summed E-state index contributed by atoms with van der Waals surface area (Å²) in [6.07, 6.45) is 4.82. The maximum atomic E-state index is 6.11. The quantitative estimate of drug-likeness (QED) is 0.600. The van der Waals surface area contributed by atoms with Crippen molar-refractivity contribution in [1.29, 1.82) is 0 Å². The van der Waals surface area contributed by atoms with Crippen LogP contribution in [-0.4, -0.2) is 18.6 Å². The lowest BCUT2D eigenvalue weighted by molar-refractivity contribution is 0.294. The molecule has 1 saturated heterocycles. The van der Waals surface area contributed by atoms with E-state index in [1.165, 1.54) is 25.7 Å². The first-order valence-corrected chi connectivity index (χ1v) is 4.26. The van der Waals surface area contributed by atoms with Crippen molar-refractivity contribution in [2.45, 2.75) is 38.1 Å². The van der Waals surface area contributed by atoms with Crippen molar-refractivity contribution >= 4 is 0 Å². The Labute approximate surface area is 63.2 Å². The highest BCUT2D eigenvalue weighted by molar-refractivity contribution is 4.89. The van der Waals surface area contributed by atoms with Crippen molar-refractivity contribution in [3.05, 3.63) is 0 Å². The van der Waals surface area contributed by atoms with Crippen LogP contribution in [0.1, 0.15) is 32.6 Å². The van der Waals surface area contributed by atoms with E-state index in [1.807, 2.05) is 0 Å². The molecule has 0 saturated carbocycles. The highest BCUT2D eigenvalue weighted by atomic mass is 15.0. The molecule has 3 N–H and O–H groups in total. The number of nitrogens with one attached hydrogen (secondary N) is 1. The second kappa shape index (κ2) is 3.35. The summed E-state index contributed by atoms with van der Waals surface area (Å²) in [5.41, 5.74) is 6.23. The third-order valence-electron chi connectivity index (χ3n) is 2.25. The Morgan fingerprint density at radius 1 is 1.60 bits per heavy atom. The Bertz CT molecular complexity index is 89.9. The van der Waals surface area contributed by atoms with Gasteiger partial charge in [0, 0.05) is 12.1 Å². The molecule has 2 nitrogen and oxygen atoms in total. The van der Waals surface area contributed by atoms with Crippen LogP contribution in [0.25, 0.3) is 0 Å². The normalized spacial score (nSPS) is 34.2. The van der Waals surface area contributed by atoms with Crippen LogP contribution in [0.5, 0.6) is 0 Å². The fraction of sp³-hybridized carbons (Fsp3) is 1.00. The summed E-state index contributed by atoms with van der Waals surface area (Å²) in [6.45, 7) is 4.37. The summed E-state index contributed by atoms with van der Waals surface area (Å²) < 4.78 is 0. The zero-order chi connectivity index (χ0) is 7.45. The Morgan fingerprint density at radius 3 is 2.90 bits per heavy atom. The monoisotopic (exact) mass is 142 g/mol. The van der Waals surface area contributed by atoms with E-state index < -0.39 is 0 Å². The SMILES string of the molecule is CCCC1(N)CCCNC1. The summed E-state index contributed by atoms with van der Waals surface area (Å²) in [5, 5.41) is 3.34. The zero-order valence-corrected chi connectivity index (χ0v) is 6.82. The van der Waals surface area contributed by atoms with Gasteiger partial charge in [-0.1, -0.05) is 13.3 Å². The summed E-state index contributed by atoms with van der Waals surface area (Å²) in [5.74, 6) is 0. The summed E-state index contributed by atoms with van der Waals surface area (Å²) in [4.78, 5) is 0. The minimum absolute atomic E-state index is 0.118. The third-order valence-corrected chi connectivity index (χ3v) is 2.25. The molecule has 0 spiro atoms. The highest BCUT2D eigenvalue weighted by Gasteiger charge is 2.25. The van der Waals surface area contributed by atoms with Crippen LogP contribution in [0.4, 0.5) is 0 Å². The fourth-order valence-electron chi connectivity index (χ4n) is 1.70. The molecule has 0 amide bonds. The van der Waals surface area contributed by atoms with Crippen molar-refractivity contribution in [2.24, 2.45) is 5.73 Å². The average Bonchev–Trinajstić information content (AvgIpc) is 1.89. The van der Waals surface area contributed by atoms with Crippen LogP contribution in [0.2, 0.25) is 0 Å². The predicted octanol–water partition coefficient (Wildman–Crippen LogP) is 0.867. The second-order valence-electron chi connectivity index (χ2n) is 3.39. The molecular weight excluding hydrogens is 124 g/mol. The maximum Gasteiger partial charge on any atom is 0.0281 e. The minimum atomic E-state index is 0.118. The van der Waals surface area contributed by atoms with Crippen LogP contribution in [0.15, 0.2) is 0 Å². The van der Waals surface area contributed by atoms with E-state index in [4.69, 9.17) is 5.73 Å². The Balaban J connectivity index is 2.32. The molecule has 10 heavy (non-hydrogen) atoms. The molecule has 1 heterocycles. The number of hydrogen-bond acceptors (Lipinski definition) is 2. The smallest absolute Gasteiger partial charge is 0.0281 e.